The van der Waals surface area contributed by atoms with E-state index in [9.17, 15) is 9.18 Å². The molecule has 0 N–H and O–H groups in total. The molecule has 3 rings (SSSR count). The Balaban J connectivity index is 2.15. The summed E-state index contributed by atoms with van der Waals surface area (Å²) in [5.74, 6) is -1.06. The Bertz CT molecular complexity index is 889. The molecule has 98 valence electrons. The molecular formula is C14H8FN3O2. The van der Waals surface area contributed by atoms with Gasteiger partial charge in [0, 0.05) is 6.20 Å². The summed E-state index contributed by atoms with van der Waals surface area (Å²) in [6, 6.07) is 9.06. The quantitative estimate of drug-likeness (QED) is 0.713. The lowest BCUT2D eigenvalue weighted by Gasteiger charge is -2.04. The molecular weight excluding hydrogens is 261 g/mol. The number of oxazole rings is 1. The molecule has 0 aliphatic rings. The van der Waals surface area contributed by atoms with Gasteiger partial charge in [0.15, 0.2) is 11.2 Å². The van der Waals surface area contributed by atoms with Crippen LogP contribution in [0.25, 0.3) is 11.2 Å². The van der Waals surface area contributed by atoms with Crippen molar-refractivity contribution in [3.63, 3.8) is 0 Å². The molecule has 2 aromatic heterocycles. The highest BCUT2D eigenvalue weighted by Crippen LogP contribution is 2.15. The van der Waals surface area contributed by atoms with Crippen molar-refractivity contribution >= 4 is 11.2 Å². The zero-order valence-corrected chi connectivity index (χ0v) is 10.2. The normalized spacial score (nSPS) is 10.6. The van der Waals surface area contributed by atoms with Crippen LogP contribution in [0.4, 0.5) is 4.39 Å². The van der Waals surface area contributed by atoms with Crippen LogP contribution in [0.5, 0.6) is 0 Å². The molecule has 0 aliphatic heterocycles. The van der Waals surface area contributed by atoms with Gasteiger partial charge in [-0.2, -0.15) is 5.26 Å². The first-order valence-corrected chi connectivity index (χ1v) is 5.82. The highest BCUT2D eigenvalue weighted by Gasteiger charge is 2.12. The van der Waals surface area contributed by atoms with Crippen LogP contribution in [0.2, 0.25) is 0 Å². The third-order valence-corrected chi connectivity index (χ3v) is 2.94. The van der Waals surface area contributed by atoms with Crippen LogP contribution in [0.3, 0.4) is 0 Å². The number of nitriles is 1. The van der Waals surface area contributed by atoms with E-state index in [1.807, 2.05) is 6.07 Å². The maximum atomic E-state index is 13.3. The summed E-state index contributed by atoms with van der Waals surface area (Å²) in [7, 11) is 0. The Kier molecular flexibility index (Phi) is 2.80. The number of rotatable bonds is 2. The predicted octanol–water partition coefficient (Wildman–Crippen LogP) is 2.05. The third kappa shape index (κ3) is 1.95. The van der Waals surface area contributed by atoms with Crippen molar-refractivity contribution in [3.05, 3.63) is 64.0 Å². The van der Waals surface area contributed by atoms with Crippen LogP contribution in [0.1, 0.15) is 11.1 Å². The van der Waals surface area contributed by atoms with Gasteiger partial charge in [0.05, 0.1) is 18.2 Å². The number of halogens is 1. The van der Waals surface area contributed by atoms with E-state index in [1.165, 1.54) is 29.0 Å². The van der Waals surface area contributed by atoms with Gasteiger partial charge >= 0.3 is 5.76 Å². The first kappa shape index (κ1) is 12.1. The molecule has 20 heavy (non-hydrogen) atoms. The van der Waals surface area contributed by atoms with Gasteiger partial charge < -0.3 is 4.42 Å². The third-order valence-electron chi connectivity index (χ3n) is 2.94. The Morgan fingerprint density at radius 2 is 2.25 bits per heavy atom. The van der Waals surface area contributed by atoms with Crippen molar-refractivity contribution in [2.75, 3.05) is 0 Å². The molecule has 5 nitrogen and oxygen atoms in total. The van der Waals surface area contributed by atoms with Crippen molar-refractivity contribution in [2.24, 2.45) is 0 Å². The van der Waals surface area contributed by atoms with Crippen molar-refractivity contribution in [1.29, 1.82) is 5.26 Å². The molecule has 1 aromatic carbocycles. The van der Waals surface area contributed by atoms with Crippen LogP contribution in [-0.4, -0.2) is 9.55 Å². The van der Waals surface area contributed by atoms with Gasteiger partial charge in [-0.3, -0.25) is 4.57 Å². The molecule has 6 heteroatoms. The second-order valence-electron chi connectivity index (χ2n) is 4.19. The molecule has 0 aliphatic carbocycles. The van der Waals surface area contributed by atoms with Crippen LogP contribution in [0, 0.1) is 17.1 Å². The highest BCUT2D eigenvalue weighted by atomic mass is 19.1. The molecule has 0 saturated carbocycles. The molecule has 2 heterocycles. The van der Waals surface area contributed by atoms with Crippen molar-refractivity contribution in [1.82, 2.24) is 9.55 Å². The van der Waals surface area contributed by atoms with Gasteiger partial charge in [0.2, 0.25) is 0 Å². The van der Waals surface area contributed by atoms with Crippen molar-refractivity contribution in [2.45, 2.75) is 6.54 Å². The van der Waals surface area contributed by atoms with E-state index in [-0.39, 0.29) is 6.54 Å². The lowest BCUT2D eigenvalue weighted by atomic mass is 10.1. The Labute approximate surface area is 112 Å². The van der Waals surface area contributed by atoms with Gasteiger partial charge in [-0.25, -0.2) is 14.2 Å². The van der Waals surface area contributed by atoms with E-state index < -0.39 is 11.6 Å². The smallest absolute Gasteiger partial charge is 0.406 e. The number of pyridine rings is 1. The summed E-state index contributed by atoms with van der Waals surface area (Å²) in [6.45, 7) is 0.0312. The number of benzene rings is 1. The van der Waals surface area contributed by atoms with Crippen molar-refractivity contribution < 1.29 is 8.81 Å². The molecule has 0 bridgehead atoms. The van der Waals surface area contributed by atoms with Gasteiger partial charge in [0.1, 0.15) is 5.82 Å². The summed E-state index contributed by atoms with van der Waals surface area (Å²) >= 11 is 0. The summed E-state index contributed by atoms with van der Waals surface area (Å²) in [4.78, 5) is 15.9. The molecule has 3 aromatic rings. The fraction of sp³-hybridized carbons (Fsp3) is 0.0714. The summed E-state index contributed by atoms with van der Waals surface area (Å²) in [5.41, 5.74) is 1.43. The SMILES string of the molecule is N#Cc1ccc(F)cc1Cn1c(=O)oc2cccnc21. The maximum Gasteiger partial charge on any atom is 0.421 e. The van der Waals surface area contributed by atoms with Crippen molar-refractivity contribution in [3.8, 4) is 6.07 Å². The zero-order valence-electron chi connectivity index (χ0n) is 10.2. The fourth-order valence-corrected chi connectivity index (χ4v) is 2.01. The number of nitrogens with zero attached hydrogens (tertiary/aromatic N) is 3. The average molecular weight is 269 g/mol. The topological polar surface area (TPSA) is 71.8 Å². The monoisotopic (exact) mass is 269 g/mol. The second-order valence-corrected chi connectivity index (χ2v) is 4.19. The standard InChI is InChI=1S/C14H8FN3O2/c15-11-4-3-9(7-16)10(6-11)8-18-13-12(20-14(18)19)2-1-5-17-13/h1-6H,8H2. The molecule has 0 atom stereocenters. The second kappa shape index (κ2) is 4.63. The lowest BCUT2D eigenvalue weighted by Crippen LogP contribution is -2.16. The molecule has 0 radical (unpaired) electrons. The van der Waals surface area contributed by atoms with E-state index in [4.69, 9.17) is 9.68 Å². The number of hydrogen-bond acceptors (Lipinski definition) is 4. The highest BCUT2D eigenvalue weighted by molar-refractivity contribution is 5.67. The maximum absolute atomic E-state index is 13.3. The van der Waals surface area contributed by atoms with Crippen LogP contribution in [-0.2, 0) is 6.54 Å². The minimum Gasteiger partial charge on any atom is -0.406 e. The largest absolute Gasteiger partial charge is 0.421 e. The lowest BCUT2D eigenvalue weighted by molar-refractivity contribution is 0.516. The first-order chi connectivity index (χ1) is 9.69. The summed E-state index contributed by atoms with van der Waals surface area (Å²) < 4.78 is 19.6. The molecule has 0 fully saturated rings. The summed E-state index contributed by atoms with van der Waals surface area (Å²) in [6.07, 6.45) is 1.53. The average Bonchev–Trinajstić information content (AvgIpc) is 2.76. The summed E-state index contributed by atoms with van der Waals surface area (Å²) in [5, 5.41) is 9.02. The zero-order chi connectivity index (χ0) is 14.1. The fourth-order valence-electron chi connectivity index (χ4n) is 2.01. The van der Waals surface area contributed by atoms with E-state index in [0.717, 1.165) is 0 Å². The van der Waals surface area contributed by atoms with E-state index in [2.05, 4.69) is 4.98 Å². The van der Waals surface area contributed by atoms with Crippen LogP contribution >= 0.6 is 0 Å². The van der Waals surface area contributed by atoms with Crippen LogP contribution in [0.15, 0.2) is 45.7 Å². The van der Waals surface area contributed by atoms with Crippen LogP contribution < -0.4 is 5.76 Å². The molecule has 0 amide bonds. The van der Waals surface area contributed by atoms with E-state index in [1.54, 1.807) is 12.1 Å². The molecule has 0 saturated heterocycles. The number of fused-ring (bicyclic) bond motifs is 1. The number of aromatic nitrogens is 2. The first-order valence-electron chi connectivity index (χ1n) is 5.82. The molecule has 0 spiro atoms. The van der Waals surface area contributed by atoms with Gasteiger partial charge in [-0.05, 0) is 35.9 Å². The van der Waals surface area contributed by atoms with Gasteiger partial charge in [-0.15, -0.1) is 0 Å². The van der Waals surface area contributed by atoms with E-state index >= 15 is 0 Å². The Hall–Kier alpha value is -2.94. The van der Waals surface area contributed by atoms with Gasteiger partial charge in [-0.1, -0.05) is 0 Å². The Morgan fingerprint density at radius 3 is 3.05 bits per heavy atom. The minimum absolute atomic E-state index is 0.0312. The van der Waals surface area contributed by atoms with E-state index in [0.29, 0.717) is 22.4 Å². The predicted molar refractivity (Wildman–Crippen MR) is 68.5 cm³/mol. The number of hydrogen-bond donors (Lipinski definition) is 0. The molecule has 0 unspecified atom stereocenters. The minimum atomic E-state index is -0.591. The van der Waals surface area contributed by atoms with Gasteiger partial charge in [0.25, 0.3) is 0 Å². The Morgan fingerprint density at radius 1 is 1.40 bits per heavy atom.